The summed E-state index contributed by atoms with van der Waals surface area (Å²) < 4.78 is 0. The highest BCUT2D eigenvalue weighted by molar-refractivity contribution is 7.08. The standard InChI is InChI=1S/C12H18N2O3S/c1-8(3-11(15)16)4-13-12(17)14-5-10-7-18-6-9(10)2/h6-8H,3-5H2,1-2H3,(H,15,16)(H2,13,14,17). The molecule has 0 aromatic carbocycles. The first-order valence-electron chi connectivity index (χ1n) is 5.74. The van der Waals surface area contributed by atoms with Crippen LogP contribution >= 0.6 is 11.3 Å². The topological polar surface area (TPSA) is 78.4 Å². The van der Waals surface area contributed by atoms with Crippen LogP contribution in [0.2, 0.25) is 0 Å². The van der Waals surface area contributed by atoms with Gasteiger partial charge in [-0.1, -0.05) is 6.92 Å². The van der Waals surface area contributed by atoms with E-state index in [1.54, 1.807) is 18.3 Å². The van der Waals surface area contributed by atoms with Crippen LogP contribution in [0.3, 0.4) is 0 Å². The Balaban J connectivity index is 2.22. The third-order valence-electron chi connectivity index (χ3n) is 2.54. The molecular weight excluding hydrogens is 252 g/mol. The average molecular weight is 270 g/mol. The van der Waals surface area contributed by atoms with Crippen molar-refractivity contribution in [1.82, 2.24) is 10.6 Å². The highest BCUT2D eigenvalue weighted by Gasteiger charge is 2.09. The number of aryl methyl sites for hydroxylation is 1. The van der Waals surface area contributed by atoms with Gasteiger partial charge in [-0.3, -0.25) is 4.79 Å². The molecule has 6 heteroatoms. The number of nitrogens with one attached hydrogen (secondary N) is 2. The minimum atomic E-state index is -0.849. The summed E-state index contributed by atoms with van der Waals surface area (Å²) in [7, 11) is 0. The fraction of sp³-hybridized carbons (Fsp3) is 0.500. The lowest BCUT2D eigenvalue weighted by Crippen LogP contribution is -2.37. The van der Waals surface area contributed by atoms with Crippen LogP contribution in [0, 0.1) is 12.8 Å². The fourth-order valence-corrected chi connectivity index (χ4v) is 2.30. The summed E-state index contributed by atoms with van der Waals surface area (Å²) >= 11 is 1.61. The molecule has 5 nitrogen and oxygen atoms in total. The van der Waals surface area contributed by atoms with E-state index in [4.69, 9.17) is 5.11 Å². The Kier molecular flexibility index (Phi) is 5.64. The van der Waals surface area contributed by atoms with Crippen molar-refractivity contribution in [2.45, 2.75) is 26.8 Å². The number of hydrogen-bond donors (Lipinski definition) is 3. The first-order chi connectivity index (χ1) is 8.49. The number of carbonyl (C=O) groups is 2. The predicted molar refractivity (Wildman–Crippen MR) is 70.7 cm³/mol. The van der Waals surface area contributed by atoms with E-state index in [1.807, 2.05) is 17.7 Å². The van der Waals surface area contributed by atoms with Crippen LogP contribution in [-0.4, -0.2) is 23.7 Å². The van der Waals surface area contributed by atoms with Gasteiger partial charge in [-0.05, 0) is 34.7 Å². The molecule has 0 saturated carbocycles. The zero-order chi connectivity index (χ0) is 13.5. The van der Waals surface area contributed by atoms with Gasteiger partial charge in [-0.2, -0.15) is 11.3 Å². The molecule has 0 spiro atoms. The summed E-state index contributed by atoms with van der Waals surface area (Å²) in [6, 6.07) is -0.266. The van der Waals surface area contributed by atoms with Crippen molar-refractivity contribution in [2.24, 2.45) is 5.92 Å². The number of carboxylic acid groups (broad SMARTS) is 1. The monoisotopic (exact) mass is 270 g/mol. The van der Waals surface area contributed by atoms with Crippen LogP contribution in [0.5, 0.6) is 0 Å². The summed E-state index contributed by atoms with van der Waals surface area (Å²) in [5.74, 6) is -0.922. The molecule has 0 aliphatic carbocycles. The Hall–Kier alpha value is -1.56. The third kappa shape index (κ3) is 5.18. The van der Waals surface area contributed by atoms with Gasteiger partial charge in [-0.25, -0.2) is 4.79 Å². The molecule has 18 heavy (non-hydrogen) atoms. The second kappa shape index (κ2) is 7.00. The summed E-state index contributed by atoms with van der Waals surface area (Å²) in [6.07, 6.45) is 0.0594. The lowest BCUT2D eigenvalue weighted by atomic mass is 10.1. The van der Waals surface area contributed by atoms with E-state index in [0.717, 1.165) is 5.56 Å². The van der Waals surface area contributed by atoms with E-state index in [1.165, 1.54) is 5.56 Å². The predicted octanol–water partition coefficient (Wildman–Crippen LogP) is 1.97. The molecule has 1 rings (SSSR count). The number of carboxylic acids is 1. The zero-order valence-corrected chi connectivity index (χ0v) is 11.3. The molecule has 1 heterocycles. The van der Waals surface area contributed by atoms with Gasteiger partial charge in [0.05, 0.1) is 0 Å². The third-order valence-corrected chi connectivity index (χ3v) is 3.45. The van der Waals surface area contributed by atoms with E-state index >= 15 is 0 Å². The first kappa shape index (κ1) is 14.5. The van der Waals surface area contributed by atoms with Crippen molar-refractivity contribution in [1.29, 1.82) is 0 Å². The number of aliphatic carboxylic acids is 1. The molecule has 100 valence electrons. The van der Waals surface area contributed by atoms with Gasteiger partial charge in [0.25, 0.3) is 0 Å². The van der Waals surface area contributed by atoms with Crippen LogP contribution in [-0.2, 0) is 11.3 Å². The van der Waals surface area contributed by atoms with Gasteiger partial charge < -0.3 is 15.7 Å². The Morgan fingerprint density at radius 3 is 2.67 bits per heavy atom. The molecule has 0 fully saturated rings. The quantitative estimate of drug-likeness (QED) is 0.739. The summed E-state index contributed by atoms with van der Waals surface area (Å²) in [5, 5.41) is 18.0. The van der Waals surface area contributed by atoms with Crippen molar-refractivity contribution in [3.8, 4) is 0 Å². The molecule has 1 unspecified atom stereocenters. The maximum absolute atomic E-state index is 11.5. The lowest BCUT2D eigenvalue weighted by molar-refractivity contribution is -0.137. The van der Waals surface area contributed by atoms with E-state index in [2.05, 4.69) is 10.6 Å². The molecule has 3 N–H and O–H groups in total. The van der Waals surface area contributed by atoms with E-state index in [0.29, 0.717) is 13.1 Å². The van der Waals surface area contributed by atoms with Crippen molar-refractivity contribution in [3.63, 3.8) is 0 Å². The van der Waals surface area contributed by atoms with Crippen molar-refractivity contribution in [2.75, 3.05) is 6.54 Å². The highest BCUT2D eigenvalue weighted by Crippen LogP contribution is 2.12. The molecule has 1 atom stereocenters. The second-order valence-electron chi connectivity index (χ2n) is 4.35. The molecule has 2 amide bonds. The largest absolute Gasteiger partial charge is 0.481 e. The van der Waals surface area contributed by atoms with Gasteiger partial charge in [0, 0.05) is 19.5 Å². The molecular formula is C12H18N2O3S. The smallest absolute Gasteiger partial charge is 0.315 e. The molecule has 0 aliphatic rings. The molecule has 1 aromatic rings. The number of hydrogen-bond acceptors (Lipinski definition) is 3. The van der Waals surface area contributed by atoms with Gasteiger partial charge in [-0.15, -0.1) is 0 Å². The molecule has 1 aromatic heterocycles. The first-order valence-corrected chi connectivity index (χ1v) is 6.68. The molecule has 0 bridgehead atoms. The van der Waals surface area contributed by atoms with Crippen molar-refractivity contribution >= 4 is 23.3 Å². The number of amides is 2. The van der Waals surface area contributed by atoms with Crippen LogP contribution in [0.1, 0.15) is 24.5 Å². The van der Waals surface area contributed by atoms with Gasteiger partial charge in [0.2, 0.25) is 0 Å². The zero-order valence-electron chi connectivity index (χ0n) is 10.5. The summed E-state index contributed by atoms with van der Waals surface area (Å²) in [5.41, 5.74) is 2.27. The average Bonchev–Trinajstić information content (AvgIpc) is 2.68. The van der Waals surface area contributed by atoms with Crippen LogP contribution in [0.4, 0.5) is 4.79 Å². The Labute approximate surface area is 110 Å². The number of carbonyl (C=O) groups excluding carboxylic acids is 1. The van der Waals surface area contributed by atoms with Gasteiger partial charge in [0.1, 0.15) is 0 Å². The van der Waals surface area contributed by atoms with Gasteiger partial charge >= 0.3 is 12.0 Å². The fourth-order valence-electron chi connectivity index (χ4n) is 1.44. The van der Waals surface area contributed by atoms with Crippen LogP contribution in [0.25, 0.3) is 0 Å². The minimum absolute atomic E-state index is 0.0594. The Morgan fingerprint density at radius 2 is 2.11 bits per heavy atom. The van der Waals surface area contributed by atoms with E-state index in [-0.39, 0.29) is 18.4 Å². The second-order valence-corrected chi connectivity index (χ2v) is 5.09. The normalized spacial score (nSPS) is 11.9. The van der Waals surface area contributed by atoms with Crippen molar-refractivity contribution < 1.29 is 14.7 Å². The lowest BCUT2D eigenvalue weighted by Gasteiger charge is -2.11. The minimum Gasteiger partial charge on any atom is -0.481 e. The number of urea groups is 1. The SMILES string of the molecule is Cc1cscc1CNC(=O)NCC(C)CC(=O)O. The van der Waals surface area contributed by atoms with Crippen molar-refractivity contribution in [3.05, 3.63) is 21.9 Å². The molecule has 0 aliphatic heterocycles. The molecule has 0 radical (unpaired) electrons. The highest BCUT2D eigenvalue weighted by atomic mass is 32.1. The van der Waals surface area contributed by atoms with Gasteiger partial charge in [0.15, 0.2) is 0 Å². The number of rotatable bonds is 6. The summed E-state index contributed by atoms with van der Waals surface area (Å²) in [4.78, 5) is 21.9. The van der Waals surface area contributed by atoms with E-state index < -0.39 is 5.97 Å². The Morgan fingerprint density at radius 1 is 1.39 bits per heavy atom. The maximum Gasteiger partial charge on any atom is 0.315 e. The number of thiophene rings is 1. The van der Waals surface area contributed by atoms with Crippen LogP contribution in [0.15, 0.2) is 10.8 Å². The maximum atomic E-state index is 11.5. The van der Waals surface area contributed by atoms with E-state index in [9.17, 15) is 9.59 Å². The molecule has 0 saturated heterocycles. The summed E-state index contributed by atoms with van der Waals surface area (Å²) in [6.45, 7) is 4.65. The van der Waals surface area contributed by atoms with Crippen LogP contribution < -0.4 is 10.6 Å². The Bertz CT molecular complexity index is 417.